The first-order valence-electron chi connectivity index (χ1n) is 7.29. The van der Waals surface area contributed by atoms with Crippen molar-refractivity contribution in [2.75, 3.05) is 29.9 Å². The van der Waals surface area contributed by atoms with Crippen molar-refractivity contribution < 1.29 is 0 Å². The summed E-state index contributed by atoms with van der Waals surface area (Å²) in [5.74, 6) is 3.30. The number of nitrogens with one attached hydrogen (secondary N) is 1. The molecule has 0 amide bonds. The normalized spacial score (nSPS) is 18.1. The molecule has 19 heavy (non-hydrogen) atoms. The van der Waals surface area contributed by atoms with Crippen LogP contribution in [-0.2, 0) is 0 Å². The van der Waals surface area contributed by atoms with E-state index in [9.17, 15) is 0 Å². The van der Waals surface area contributed by atoms with Gasteiger partial charge in [-0.25, -0.2) is 9.97 Å². The fourth-order valence-corrected chi connectivity index (χ4v) is 2.45. The van der Waals surface area contributed by atoms with Gasteiger partial charge >= 0.3 is 0 Å². The lowest BCUT2D eigenvalue weighted by molar-refractivity contribution is 0.418. The molecule has 2 heterocycles. The van der Waals surface area contributed by atoms with E-state index in [0.29, 0.717) is 11.3 Å². The Bertz CT molecular complexity index is 440. The first-order chi connectivity index (χ1) is 8.91. The second kappa shape index (κ2) is 5.35. The number of hydrogen-bond acceptors (Lipinski definition) is 4. The Morgan fingerprint density at radius 1 is 1.37 bits per heavy atom. The van der Waals surface area contributed by atoms with Gasteiger partial charge in [0.2, 0.25) is 0 Å². The Morgan fingerprint density at radius 2 is 2.11 bits per heavy atom. The van der Waals surface area contributed by atoms with Gasteiger partial charge in [0.05, 0.1) is 0 Å². The Morgan fingerprint density at radius 3 is 2.63 bits per heavy atom. The number of aromatic nitrogens is 2. The average Bonchev–Trinajstić information content (AvgIpc) is 2.70. The molecule has 0 saturated carbocycles. The van der Waals surface area contributed by atoms with Crippen LogP contribution in [0.5, 0.6) is 0 Å². The van der Waals surface area contributed by atoms with Gasteiger partial charge in [-0.15, -0.1) is 0 Å². The lowest BCUT2D eigenvalue weighted by Gasteiger charge is -2.22. The molecule has 0 atom stereocenters. The fourth-order valence-electron chi connectivity index (χ4n) is 2.45. The minimum Gasteiger partial charge on any atom is -0.370 e. The minimum atomic E-state index is 0.355. The molecule has 1 aliphatic rings. The summed E-state index contributed by atoms with van der Waals surface area (Å²) in [4.78, 5) is 11.7. The minimum absolute atomic E-state index is 0.355. The molecule has 0 bridgehead atoms. The molecule has 1 fully saturated rings. The highest BCUT2D eigenvalue weighted by Gasteiger charge is 2.30. The zero-order valence-corrected chi connectivity index (χ0v) is 12.8. The summed E-state index contributed by atoms with van der Waals surface area (Å²) in [5.41, 5.74) is 0.390. The molecule has 4 heteroatoms. The van der Waals surface area contributed by atoms with E-state index in [1.165, 1.54) is 6.42 Å². The highest BCUT2D eigenvalue weighted by molar-refractivity contribution is 5.50. The van der Waals surface area contributed by atoms with Crippen LogP contribution in [0.25, 0.3) is 0 Å². The van der Waals surface area contributed by atoms with Crippen LogP contribution >= 0.6 is 0 Å². The zero-order chi connectivity index (χ0) is 14.0. The molecular weight excluding hydrogens is 236 g/mol. The summed E-state index contributed by atoms with van der Waals surface area (Å²) in [6, 6.07) is 2.08. The Labute approximate surface area is 116 Å². The van der Waals surface area contributed by atoms with Crippen LogP contribution in [0.3, 0.4) is 0 Å². The van der Waals surface area contributed by atoms with Crippen molar-refractivity contribution in [1.29, 1.82) is 0 Å². The molecule has 2 rings (SSSR count). The molecule has 0 spiro atoms. The van der Waals surface area contributed by atoms with Gasteiger partial charge in [0, 0.05) is 31.6 Å². The Hall–Kier alpha value is -1.32. The van der Waals surface area contributed by atoms with Crippen LogP contribution in [0.15, 0.2) is 6.07 Å². The van der Waals surface area contributed by atoms with Crippen LogP contribution in [0.2, 0.25) is 0 Å². The van der Waals surface area contributed by atoms with Gasteiger partial charge in [0.25, 0.3) is 0 Å². The maximum atomic E-state index is 4.74. The SMILES string of the molecule is CCNc1cc(N2CCC(C)(C)C2)nc(C(C)C)n1. The summed E-state index contributed by atoms with van der Waals surface area (Å²) in [6.45, 7) is 14.1. The van der Waals surface area contributed by atoms with Gasteiger partial charge in [0.1, 0.15) is 17.5 Å². The van der Waals surface area contributed by atoms with E-state index in [1.54, 1.807) is 0 Å². The van der Waals surface area contributed by atoms with Crippen molar-refractivity contribution in [3.63, 3.8) is 0 Å². The van der Waals surface area contributed by atoms with Crippen molar-refractivity contribution in [2.24, 2.45) is 5.41 Å². The molecule has 0 aromatic carbocycles. The fraction of sp³-hybridized carbons (Fsp3) is 0.733. The number of nitrogens with zero attached hydrogens (tertiary/aromatic N) is 3. The molecule has 4 nitrogen and oxygen atoms in total. The Balaban J connectivity index is 2.29. The summed E-state index contributed by atoms with van der Waals surface area (Å²) < 4.78 is 0. The largest absolute Gasteiger partial charge is 0.370 e. The topological polar surface area (TPSA) is 41.0 Å². The molecule has 1 N–H and O–H groups in total. The second-order valence-corrected chi connectivity index (χ2v) is 6.49. The lowest BCUT2D eigenvalue weighted by atomic mass is 9.93. The van der Waals surface area contributed by atoms with E-state index in [-0.39, 0.29) is 0 Å². The summed E-state index contributed by atoms with van der Waals surface area (Å²) >= 11 is 0. The number of anilines is 2. The van der Waals surface area contributed by atoms with Gasteiger partial charge in [-0.2, -0.15) is 0 Å². The molecule has 0 radical (unpaired) electrons. The summed E-state index contributed by atoms with van der Waals surface area (Å²) in [7, 11) is 0. The molecule has 1 aliphatic heterocycles. The van der Waals surface area contributed by atoms with Crippen molar-refractivity contribution >= 4 is 11.6 Å². The van der Waals surface area contributed by atoms with E-state index < -0.39 is 0 Å². The Kier molecular flexibility index (Phi) is 3.97. The maximum Gasteiger partial charge on any atom is 0.135 e. The lowest BCUT2D eigenvalue weighted by Crippen LogP contribution is -2.24. The monoisotopic (exact) mass is 262 g/mol. The van der Waals surface area contributed by atoms with Gasteiger partial charge in [-0.1, -0.05) is 27.7 Å². The van der Waals surface area contributed by atoms with Crippen molar-refractivity contribution in [3.05, 3.63) is 11.9 Å². The van der Waals surface area contributed by atoms with Gasteiger partial charge in [-0.05, 0) is 18.8 Å². The van der Waals surface area contributed by atoms with Crippen LogP contribution in [0.4, 0.5) is 11.6 Å². The first-order valence-corrected chi connectivity index (χ1v) is 7.29. The van der Waals surface area contributed by atoms with E-state index in [4.69, 9.17) is 4.98 Å². The smallest absolute Gasteiger partial charge is 0.135 e. The van der Waals surface area contributed by atoms with E-state index in [2.05, 4.69) is 55.9 Å². The predicted octanol–water partition coefficient (Wildman–Crippen LogP) is 3.27. The maximum absolute atomic E-state index is 4.74. The first kappa shape index (κ1) is 14.1. The number of rotatable bonds is 4. The molecule has 0 aliphatic carbocycles. The van der Waals surface area contributed by atoms with E-state index >= 15 is 0 Å². The third-order valence-electron chi connectivity index (χ3n) is 3.61. The molecule has 1 aromatic heterocycles. The standard InChI is InChI=1S/C15H26N4/c1-6-16-12-9-13(18-14(17-12)11(2)3)19-8-7-15(4,5)10-19/h9,11H,6-8,10H2,1-5H3,(H,16,17,18). The van der Waals surface area contributed by atoms with Crippen LogP contribution in [0.1, 0.15) is 52.8 Å². The molecular formula is C15H26N4. The van der Waals surface area contributed by atoms with Crippen LogP contribution < -0.4 is 10.2 Å². The highest BCUT2D eigenvalue weighted by Crippen LogP contribution is 2.32. The van der Waals surface area contributed by atoms with E-state index in [0.717, 1.165) is 37.1 Å². The van der Waals surface area contributed by atoms with Crippen molar-refractivity contribution in [2.45, 2.75) is 47.0 Å². The molecule has 0 unspecified atom stereocenters. The molecule has 106 valence electrons. The third kappa shape index (κ3) is 3.37. The number of hydrogen-bond donors (Lipinski definition) is 1. The average molecular weight is 262 g/mol. The molecule has 1 saturated heterocycles. The van der Waals surface area contributed by atoms with Crippen molar-refractivity contribution in [1.82, 2.24) is 9.97 Å². The zero-order valence-electron chi connectivity index (χ0n) is 12.8. The quantitative estimate of drug-likeness (QED) is 0.904. The van der Waals surface area contributed by atoms with Gasteiger partial charge in [-0.3, -0.25) is 0 Å². The van der Waals surface area contributed by atoms with E-state index in [1.807, 2.05) is 0 Å². The summed E-state index contributed by atoms with van der Waals surface area (Å²) in [5, 5.41) is 3.31. The second-order valence-electron chi connectivity index (χ2n) is 6.49. The third-order valence-corrected chi connectivity index (χ3v) is 3.61. The van der Waals surface area contributed by atoms with Crippen LogP contribution in [-0.4, -0.2) is 29.6 Å². The summed E-state index contributed by atoms with van der Waals surface area (Å²) in [6.07, 6.45) is 1.23. The van der Waals surface area contributed by atoms with Crippen molar-refractivity contribution in [3.8, 4) is 0 Å². The molecule has 1 aromatic rings. The van der Waals surface area contributed by atoms with Crippen LogP contribution in [0, 0.1) is 5.41 Å². The predicted molar refractivity (Wildman–Crippen MR) is 80.9 cm³/mol. The van der Waals surface area contributed by atoms with Gasteiger partial charge < -0.3 is 10.2 Å². The van der Waals surface area contributed by atoms with Gasteiger partial charge in [0.15, 0.2) is 0 Å². The highest BCUT2D eigenvalue weighted by atomic mass is 15.2.